The van der Waals surface area contributed by atoms with Gasteiger partial charge in [0.15, 0.2) is 25.2 Å². The molecule has 2 aromatic rings. The molecule has 1 aromatic carbocycles. The molecule has 5 N–H and O–H groups in total. The Bertz CT molecular complexity index is 2690. The molecule has 26 atom stereocenters. The molecule has 4 saturated heterocycles. The number of hydrogen-bond donors (Lipinski definition) is 5. The molecule has 22 nitrogen and oxygen atoms in total. The average molecular weight is 1210 g/mol. The highest BCUT2D eigenvalue weighted by Gasteiger charge is 2.81. The first kappa shape index (κ1) is 65.1. The van der Waals surface area contributed by atoms with Gasteiger partial charge in [0.05, 0.1) is 59.8 Å². The fourth-order valence-corrected chi connectivity index (χ4v) is 16.0. The number of fused-ring (bicyclic) bond motifs is 5. The molecule has 3 saturated carbocycles. The molecule has 26 unspecified atom stereocenters. The number of ether oxygens (including phenoxy) is 14. The molecule has 4 aliphatic carbocycles. The number of rotatable bonds is 18. The van der Waals surface area contributed by atoms with Crippen LogP contribution in [0.2, 0.25) is 0 Å². The third kappa shape index (κ3) is 11.9. The summed E-state index contributed by atoms with van der Waals surface area (Å²) in [4.78, 5) is 31.5. The predicted octanol–water partition coefficient (Wildman–Crippen LogP) is 5.26. The maximum Gasteiger partial charge on any atom is 0.340 e. The topological polar surface area (TPSA) is 277 Å². The van der Waals surface area contributed by atoms with E-state index in [0.29, 0.717) is 32.1 Å². The Labute approximate surface area is 504 Å². The molecule has 5 heterocycles. The van der Waals surface area contributed by atoms with E-state index in [1.165, 1.54) is 25.6 Å². The molecule has 22 heteroatoms. The summed E-state index contributed by atoms with van der Waals surface area (Å²) in [6.45, 7) is 12.7. The fraction of sp³-hybridized carbons (Fsp3) is 0.734. The van der Waals surface area contributed by atoms with Gasteiger partial charge < -0.3 is 91.8 Å². The Kier molecular flexibility index (Phi) is 19.8. The summed E-state index contributed by atoms with van der Waals surface area (Å²) < 4.78 is 87.4. The lowest BCUT2D eigenvalue weighted by atomic mass is 9.42. The molecule has 4 aliphatic heterocycles. The summed E-state index contributed by atoms with van der Waals surface area (Å²) in [7, 11) is 6.24. The van der Waals surface area contributed by atoms with Crippen molar-refractivity contribution in [2.24, 2.45) is 16.7 Å². The molecular formula is C64H91NO21. The van der Waals surface area contributed by atoms with Crippen molar-refractivity contribution in [3.63, 3.8) is 0 Å². The van der Waals surface area contributed by atoms with Gasteiger partial charge in [-0.15, -0.1) is 0 Å². The summed E-state index contributed by atoms with van der Waals surface area (Å²) >= 11 is 0. The normalized spacial score (nSPS) is 45.5. The molecule has 0 radical (unpaired) electrons. The van der Waals surface area contributed by atoms with Gasteiger partial charge >= 0.3 is 11.9 Å². The van der Waals surface area contributed by atoms with Crippen molar-refractivity contribution in [1.82, 2.24) is 4.98 Å². The first-order chi connectivity index (χ1) is 40.9. The van der Waals surface area contributed by atoms with Crippen LogP contribution in [-0.2, 0) is 71.1 Å². The van der Waals surface area contributed by atoms with Gasteiger partial charge in [-0.3, -0.25) is 4.98 Å². The van der Waals surface area contributed by atoms with Crippen molar-refractivity contribution >= 4 is 18.0 Å². The van der Waals surface area contributed by atoms with Crippen LogP contribution in [-0.4, -0.2) is 211 Å². The zero-order valence-corrected chi connectivity index (χ0v) is 51.3. The molecule has 10 rings (SSSR count). The molecule has 7 fully saturated rings. The van der Waals surface area contributed by atoms with E-state index in [9.17, 15) is 35.1 Å². The Morgan fingerprint density at radius 3 is 1.85 bits per heavy atom. The van der Waals surface area contributed by atoms with E-state index < -0.39 is 162 Å². The smallest absolute Gasteiger partial charge is 0.340 e. The van der Waals surface area contributed by atoms with Gasteiger partial charge in [0.25, 0.3) is 0 Å². The zero-order chi connectivity index (χ0) is 61.7. The van der Waals surface area contributed by atoms with Crippen LogP contribution in [0.3, 0.4) is 0 Å². The molecule has 0 bridgehead atoms. The molecule has 0 amide bonds. The number of hydrogen-bond acceptors (Lipinski definition) is 22. The van der Waals surface area contributed by atoms with E-state index >= 15 is 0 Å². The Hall–Kier alpha value is -3.89. The highest BCUT2D eigenvalue weighted by Crippen LogP contribution is 2.71. The van der Waals surface area contributed by atoms with E-state index in [2.05, 4.69) is 11.9 Å². The van der Waals surface area contributed by atoms with Gasteiger partial charge in [0.2, 0.25) is 0 Å². The minimum absolute atomic E-state index is 0.0559. The summed E-state index contributed by atoms with van der Waals surface area (Å²) in [5.41, 5.74) is -6.17. The maximum absolute atomic E-state index is 14.0. The molecular weight excluding hydrogens is 1120 g/mol. The highest BCUT2D eigenvalue weighted by atomic mass is 16.8. The first-order valence-electron chi connectivity index (χ1n) is 30.6. The van der Waals surface area contributed by atoms with Crippen LogP contribution in [0.25, 0.3) is 6.08 Å². The zero-order valence-electron chi connectivity index (χ0n) is 51.3. The number of aliphatic hydroxyl groups is 5. The maximum atomic E-state index is 14.0. The van der Waals surface area contributed by atoms with Gasteiger partial charge in [-0.2, -0.15) is 0 Å². The number of pyridine rings is 1. The van der Waals surface area contributed by atoms with E-state index in [4.69, 9.17) is 66.3 Å². The first-order valence-corrected chi connectivity index (χ1v) is 30.6. The monoisotopic (exact) mass is 1210 g/mol. The molecule has 478 valence electrons. The van der Waals surface area contributed by atoms with Crippen molar-refractivity contribution < 1.29 is 101 Å². The van der Waals surface area contributed by atoms with Crippen molar-refractivity contribution in [1.29, 1.82) is 0 Å². The molecule has 8 aliphatic rings. The van der Waals surface area contributed by atoms with Gasteiger partial charge in [-0.1, -0.05) is 55.8 Å². The minimum Gasteiger partial charge on any atom is -0.458 e. The van der Waals surface area contributed by atoms with Crippen LogP contribution < -0.4 is 0 Å². The number of benzene rings is 1. The van der Waals surface area contributed by atoms with Crippen LogP contribution in [0, 0.1) is 16.7 Å². The number of aliphatic hydroxyl groups excluding tert-OH is 2. The number of carbonyl (C=O) groups is 2. The van der Waals surface area contributed by atoms with E-state index in [0.717, 1.165) is 11.1 Å². The number of carbonyl (C=O) groups excluding carboxylic acids is 2. The highest BCUT2D eigenvalue weighted by molar-refractivity contribution is 5.89. The Morgan fingerprint density at radius 1 is 0.686 bits per heavy atom. The van der Waals surface area contributed by atoms with Crippen molar-refractivity contribution in [2.75, 3.05) is 28.4 Å². The van der Waals surface area contributed by atoms with Crippen LogP contribution in [0.5, 0.6) is 0 Å². The Balaban J connectivity index is 0.776. The van der Waals surface area contributed by atoms with Gasteiger partial charge in [-0.25, -0.2) is 9.59 Å². The van der Waals surface area contributed by atoms with Gasteiger partial charge in [0.1, 0.15) is 65.6 Å². The summed E-state index contributed by atoms with van der Waals surface area (Å²) in [6.07, 6.45) is -3.73. The number of methoxy groups -OCH3 is 4. The van der Waals surface area contributed by atoms with Crippen LogP contribution in [0.4, 0.5) is 0 Å². The fourth-order valence-electron chi connectivity index (χ4n) is 16.0. The number of aromatic nitrogens is 1. The lowest BCUT2D eigenvalue weighted by Gasteiger charge is -2.67. The SMILES string of the molecule is COC1CC(OC2CCC3(C)C(=CCC4(O)C3CC(OC(=O)C=Cc3ccccc3)C3(C)C(O)(C(C)OC(=O)c5cccnc5)CCC43O)C2)OC(C)C1OC1CC(OC)C(OC2CC(OC)C(OC3OC(C)C(O)C(OC)C3O)C(C)O2)C(C)O1. The molecule has 0 spiro atoms. The third-order valence-corrected chi connectivity index (χ3v) is 21.0. The standard InChI is InChI=1S/C64H91NO21/c1-34-52(67)57(76-11)53(68)59(80-34)86-56-37(4)79-51(31-45(56)75-10)85-55-36(3)78-50(30-44(55)74-9)84-54-35(2)77-49(29-43(54)73-8)82-42-22-23-60(6)41(28-42)21-24-63(71)46(60)32-47(83-48(66)20-19-39-16-13-12-14-17-39)61(7)62(70,25-26-64(61,63)72)38(5)81-58(69)40-18-15-27-65-33-40/h12-21,27,33-38,42-47,49-57,59,67-68,70-72H,22-26,28-32H2,1-11H3. The summed E-state index contributed by atoms with van der Waals surface area (Å²) in [5, 5.41) is 61.2. The van der Waals surface area contributed by atoms with Crippen molar-refractivity contribution in [3.05, 3.63) is 83.7 Å². The minimum atomic E-state index is -2.02. The molecule has 1 aromatic heterocycles. The predicted molar refractivity (Wildman–Crippen MR) is 305 cm³/mol. The largest absolute Gasteiger partial charge is 0.458 e. The summed E-state index contributed by atoms with van der Waals surface area (Å²) in [5.74, 6) is -2.03. The van der Waals surface area contributed by atoms with Crippen molar-refractivity contribution in [2.45, 2.75) is 252 Å². The van der Waals surface area contributed by atoms with Crippen LogP contribution in [0.15, 0.2) is 72.6 Å². The lowest BCUT2D eigenvalue weighted by Crippen LogP contribution is -2.78. The number of esters is 2. The summed E-state index contributed by atoms with van der Waals surface area (Å²) in [6, 6.07) is 12.5. The van der Waals surface area contributed by atoms with E-state index in [1.54, 1.807) is 60.3 Å². The third-order valence-electron chi connectivity index (χ3n) is 21.0. The van der Waals surface area contributed by atoms with Gasteiger partial charge in [-0.05, 0) is 109 Å². The molecule has 86 heavy (non-hydrogen) atoms. The van der Waals surface area contributed by atoms with E-state index in [1.807, 2.05) is 57.2 Å². The van der Waals surface area contributed by atoms with Crippen molar-refractivity contribution in [3.8, 4) is 0 Å². The van der Waals surface area contributed by atoms with Crippen LogP contribution >= 0.6 is 0 Å². The van der Waals surface area contributed by atoms with Crippen LogP contribution in [0.1, 0.15) is 129 Å². The second-order valence-corrected chi connectivity index (χ2v) is 25.5. The average Bonchev–Trinajstić information content (AvgIpc) is 1.35. The quantitative estimate of drug-likeness (QED) is 0.0723. The Morgan fingerprint density at radius 2 is 1.28 bits per heavy atom. The van der Waals surface area contributed by atoms with Gasteiger partial charge in [0, 0.05) is 72.1 Å². The second-order valence-electron chi connectivity index (χ2n) is 25.5. The lowest BCUT2D eigenvalue weighted by molar-refractivity contribution is -0.356. The second kappa shape index (κ2) is 26.1. The number of nitrogens with zero attached hydrogens (tertiary/aromatic N) is 1. The van der Waals surface area contributed by atoms with E-state index in [-0.39, 0.29) is 43.8 Å².